The molecule has 1 amide bonds. The first-order valence-electron chi connectivity index (χ1n) is 8.65. The summed E-state index contributed by atoms with van der Waals surface area (Å²) in [5.74, 6) is 1.49. The molecule has 0 unspecified atom stereocenters. The summed E-state index contributed by atoms with van der Waals surface area (Å²) in [6.45, 7) is 0.763. The third kappa shape index (κ3) is 6.91. The molecular weight excluding hydrogens is 476 g/mol. The van der Waals surface area contributed by atoms with Crippen LogP contribution >= 0.6 is 39.0 Å². The molecule has 0 atom stereocenters. The number of para-hydroxylation sites is 2. The maximum Gasteiger partial charge on any atom is 0.230 e. The Kier molecular flexibility index (Phi) is 8.14. The van der Waals surface area contributed by atoms with Gasteiger partial charge < -0.3 is 20.1 Å². The van der Waals surface area contributed by atoms with E-state index in [0.29, 0.717) is 29.8 Å². The van der Waals surface area contributed by atoms with Gasteiger partial charge in [0.2, 0.25) is 11.0 Å². The number of thioether (sulfide) groups is 1. The summed E-state index contributed by atoms with van der Waals surface area (Å²) in [5, 5.41) is 14.9. The zero-order chi connectivity index (χ0) is 20.5. The van der Waals surface area contributed by atoms with Crippen LogP contribution in [0.2, 0.25) is 0 Å². The van der Waals surface area contributed by atoms with E-state index in [1.54, 1.807) is 7.11 Å². The van der Waals surface area contributed by atoms with Gasteiger partial charge in [-0.25, -0.2) is 0 Å². The maximum atomic E-state index is 12.0. The number of nitrogens with one attached hydrogen (secondary N) is 2. The van der Waals surface area contributed by atoms with Gasteiger partial charge in [-0.15, -0.1) is 10.2 Å². The second-order valence-corrected chi connectivity index (χ2v) is 8.76. The molecule has 0 saturated heterocycles. The molecule has 0 fully saturated rings. The van der Waals surface area contributed by atoms with Crippen molar-refractivity contribution in [2.24, 2.45) is 0 Å². The van der Waals surface area contributed by atoms with Crippen molar-refractivity contribution in [3.8, 4) is 11.5 Å². The van der Waals surface area contributed by atoms with Crippen molar-refractivity contribution in [1.82, 2.24) is 15.5 Å². The van der Waals surface area contributed by atoms with Crippen molar-refractivity contribution in [2.45, 2.75) is 4.34 Å². The minimum Gasteiger partial charge on any atom is -0.493 e. The lowest BCUT2D eigenvalue weighted by atomic mass is 10.3. The van der Waals surface area contributed by atoms with Gasteiger partial charge in [-0.3, -0.25) is 4.79 Å². The Bertz CT molecular complexity index is 954. The highest BCUT2D eigenvalue weighted by molar-refractivity contribution is 9.10. The Hall–Kier alpha value is -2.30. The third-order valence-electron chi connectivity index (χ3n) is 3.56. The molecule has 1 aromatic heterocycles. The van der Waals surface area contributed by atoms with Gasteiger partial charge in [0, 0.05) is 10.2 Å². The molecule has 7 nitrogen and oxygen atoms in total. The van der Waals surface area contributed by atoms with Gasteiger partial charge in [-0.1, -0.05) is 57.2 Å². The standard InChI is InChI=1S/C19H19BrN4O3S2/c1-26-15-7-2-3-8-16(15)27-10-9-21-17(25)12-28-19-24-23-18(29-19)22-14-6-4-5-13(20)11-14/h2-8,11H,9-10,12H2,1H3,(H,21,25)(H,22,23). The Balaban J connectivity index is 1.37. The van der Waals surface area contributed by atoms with Crippen LogP contribution in [0.15, 0.2) is 57.3 Å². The van der Waals surface area contributed by atoms with E-state index in [1.165, 1.54) is 23.1 Å². The first-order valence-corrected chi connectivity index (χ1v) is 11.2. The zero-order valence-electron chi connectivity index (χ0n) is 15.6. The van der Waals surface area contributed by atoms with Gasteiger partial charge >= 0.3 is 0 Å². The quantitative estimate of drug-likeness (QED) is 0.320. The minimum atomic E-state index is -0.0877. The van der Waals surface area contributed by atoms with Crippen molar-refractivity contribution in [2.75, 3.05) is 31.3 Å². The molecule has 1 heterocycles. The molecular formula is C19H19BrN4O3S2. The third-order valence-corrected chi connectivity index (χ3v) is 6.03. The van der Waals surface area contributed by atoms with Crippen molar-refractivity contribution >= 4 is 55.8 Å². The molecule has 3 aromatic rings. The number of aromatic nitrogens is 2. The first-order chi connectivity index (χ1) is 14.1. The van der Waals surface area contributed by atoms with Crippen LogP contribution in [0.5, 0.6) is 11.5 Å². The second kappa shape index (κ2) is 11.0. The van der Waals surface area contributed by atoms with E-state index >= 15 is 0 Å². The fraction of sp³-hybridized carbons (Fsp3) is 0.211. The Morgan fingerprint density at radius 2 is 2.00 bits per heavy atom. The van der Waals surface area contributed by atoms with E-state index in [2.05, 4.69) is 36.8 Å². The Labute approximate surface area is 185 Å². The molecule has 152 valence electrons. The van der Waals surface area contributed by atoms with Crippen LogP contribution in [0.25, 0.3) is 0 Å². The van der Waals surface area contributed by atoms with Crippen LogP contribution in [-0.2, 0) is 4.79 Å². The molecule has 0 aliphatic carbocycles. The Morgan fingerprint density at radius 1 is 1.17 bits per heavy atom. The summed E-state index contributed by atoms with van der Waals surface area (Å²) in [6.07, 6.45) is 0. The lowest BCUT2D eigenvalue weighted by molar-refractivity contribution is -0.118. The molecule has 0 spiro atoms. The van der Waals surface area contributed by atoms with Gasteiger partial charge in [0.1, 0.15) is 6.61 Å². The van der Waals surface area contributed by atoms with Crippen LogP contribution in [0.1, 0.15) is 0 Å². The van der Waals surface area contributed by atoms with Crippen molar-refractivity contribution in [3.63, 3.8) is 0 Å². The number of hydrogen-bond donors (Lipinski definition) is 2. The molecule has 0 aliphatic rings. The highest BCUT2D eigenvalue weighted by atomic mass is 79.9. The number of methoxy groups -OCH3 is 1. The highest BCUT2D eigenvalue weighted by Gasteiger charge is 2.09. The Morgan fingerprint density at radius 3 is 2.79 bits per heavy atom. The van der Waals surface area contributed by atoms with Crippen molar-refractivity contribution < 1.29 is 14.3 Å². The van der Waals surface area contributed by atoms with Crippen LogP contribution in [0, 0.1) is 0 Å². The van der Waals surface area contributed by atoms with Gasteiger partial charge in [0.25, 0.3) is 0 Å². The predicted molar refractivity (Wildman–Crippen MR) is 120 cm³/mol. The van der Waals surface area contributed by atoms with Crippen molar-refractivity contribution in [1.29, 1.82) is 0 Å². The monoisotopic (exact) mass is 494 g/mol. The summed E-state index contributed by atoms with van der Waals surface area (Å²) in [5.41, 5.74) is 0.917. The van der Waals surface area contributed by atoms with E-state index in [1.807, 2.05) is 48.5 Å². The summed E-state index contributed by atoms with van der Waals surface area (Å²) >= 11 is 6.18. The van der Waals surface area contributed by atoms with Gasteiger partial charge in [-0.2, -0.15) is 0 Å². The number of nitrogens with zero attached hydrogens (tertiary/aromatic N) is 2. The zero-order valence-corrected chi connectivity index (χ0v) is 18.8. The van der Waals surface area contributed by atoms with Gasteiger partial charge in [-0.05, 0) is 30.3 Å². The number of hydrogen-bond acceptors (Lipinski definition) is 8. The maximum absolute atomic E-state index is 12.0. The number of halogens is 1. The number of rotatable bonds is 10. The average Bonchev–Trinajstić information content (AvgIpc) is 3.17. The molecule has 2 N–H and O–H groups in total. The van der Waals surface area contributed by atoms with E-state index in [4.69, 9.17) is 9.47 Å². The van der Waals surface area contributed by atoms with Gasteiger partial charge in [0.15, 0.2) is 15.8 Å². The van der Waals surface area contributed by atoms with E-state index in [-0.39, 0.29) is 11.7 Å². The normalized spacial score (nSPS) is 10.4. The fourth-order valence-electron chi connectivity index (χ4n) is 2.28. The number of benzene rings is 2. The average molecular weight is 495 g/mol. The molecule has 29 heavy (non-hydrogen) atoms. The van der Waals surface area contributed by atoms with Crippen LogP contribution < -0.4 is 20.1 Å². The molecule has 0 bridgehead atoms. The molecule has 3 rings (SSSR count). The van der Waals surface area contributed by atoms with Crippen LogP contribution in [0.4, 0.5) is 10.8 Å². The fourth-order valence-corrected chi connectivity index (χ4v) is 4.28. The molecule has 0 aliphatic heterocycles. The minimum absolute atomic E-state index is 0.0877. The highest BCUT2D eigenvalue weighted by Crippen LogP contribution is 2.28. The van der Waals surface area contributed by atoms with E-state index in [0.717, 1.165) is 14.5 Å². The largest absolute Gasteiger partial charge is 0.493 e. The SMILES string of the molecule is COc1ccccc1OCCNC(=O)CSc1nnc(Nc2cccc(Br)c2)s1. The topological polar surface area (TPSA) is 85.4 Å². The van der Waals surface area contributed by atoms with E-state index < -0.39 is 0 Å². The van der Waals surface area contributed by atoms with Crippen molar-refractivity contribution in [3.05, 3.63) is 53.0 Å². The molecule has 0 radical (unpaired) electrons. The van der Waals surface area contributed by atoms with Gasteiger partial charge in [0.05, 0.1) is 19.4 Å². The summed E-state index contributed by atoms with van der Waals surface area (Å²) in [6, 6.07) is 15.2. The summed E-state index contributed by atoms with van der Waals surface area (Å²) in [4.78, 5) is 12.0. The second-order valence-electron chi connectivity index (χ2n) is 5.65. The lowest BCUT2D eigenvalue weighted by Gasteiger charge is -2.10. The van der Waals surface area contributed by atoms with E-state index in [9.17, 15) is 4.79 Å². The predicted octanol–water partition coefficient (Wildman–Crippen LogP) is 4.34. The smallest absolute Gasteiger partial charge is 0.230 e. The van der Waals surface area contributed by atoms with Crippen LogP contribution in [0.3, 0.4) is 0 Å². The number of carbonyl (C=O) groups is 1. The number of amides is 1. The molecule has 2 aromatic carbocycles. The first kappa shape index (κ1) is 21.4. The number of anilines is 2. The summed E-state index contributed by atoms with van der Waals surface area (Å²) < 4.78 is 12.6. The molecule has 10 heteroatoms. The number of carbonyl (C=O) groups excluding carboxylic acids is 1. The lowest BCUT2D eigenvalue weighted by Crippen LogP contribution is -2.29. The van der Waals surface area contributed by atoms with Crippen LogP contribution in [-0.4, -0.2) is 42.1 Å². The number of ether oxygens (including phenoxy) is 2. The molecule has 0 saturated carbocycles. The summed E-state index contributed by atoms with van der Waals surface area (Å²) in [7, 11) is 1.59.